The third-order valence-corrected chi connectivity index (χ3v) is 3.76. The molecular weight excluding hydrogens is 290 g/mol. The van der Waals surface area contributed by atoms with Crippen molar-refractivity contribution in [2.75, 3.05) is 5.32 Å². The van der Waals surface area contributed by atoms with Crippen molar-refractivity contribution in [3.63, 3.8) is 0 Å². The Bertz CT molecular complexity index is 781. The molecular formula is C18H17N3S. The molecule has 2 aromatic carbocycles. The number of benzene rings is 2. The quantitative estimate of drug-likeness (QED) is 0.708. The molecule has 0 aliphatic carbocycles. The zero-order valence-electron chi connectivity index (χ0n) is 12.3. The molecule has 3 nitrogen and oxygen atoms in total. The fourth-order valence-electron chi connectivity index (χ4n) is 2.49. The zero-order valence-corrected chi connectivity index (χ0v) is 13.1. The maximum Gasteiger partial charge on any atom is 0.172 e. The summed E-state index contributed by atoms with van der Waals surface area (Å²) in [6, 6.07) is 20.5. The van der Waals surface area contributed by atoms with Gasteiger partial charge in [-0.2, -0.15) is 0 Å². The van der Waals surface area contributed by atoms with Gasteiger partial charge in [0.15, 0.2) is 5.11 Å². The van der Waals surface area contributed by atoms with Gasteiger partial charge in [-0.25, -0.2) is 4.98 Å². The summed E-state index contributed by atoms with van der Waals surface area (Å²) in [7, 11) is 0. The maximum absolute atomic E-state index is 5.37. The molecule has 0 radical (unpaired) electrons. The van der Waals surface area contributed by atoms with Crippen LogP contribution >= 0.6 is 12.2 Å². The third-order valence-electron chi connectivity index (χ3n) is 3.54. The summed E-state index contributed by atoms with van der Waals surface area (Å²) < 4.78 is 0. The lowest BCUT2D eigenvalue weighted by Crippen LogP contribution is -2.31. The minimum absolute atomic E-state index is 0.106. The lowest BCUT2D eigenvalue weighted by molar-refractivity contribution is 0.728. The third kappa shape index (κ3) is 3.23. The van der Waals surface area contributed by atoms with E-state index in [1.54, 1.807) is 6.20 Å². The fourth-order valence-corrected chi connectivity index (χ4v) is 2.77. The molecule has 2 N–H and O–H groups in total. The van der Waals surface area contributed by atoms with E-state index >= 15 is 0 Å². The number of hydrogen-bond donors (Lipinski definition) is 2. The summed E-state index contributed by atoms with van der Waals surface area (Å²) in [5.41, 5.74) is 1.23. The molecule has 0 saturated carbocycles. The predicted molar refractivity (Wildman–Crippen MR) is 96.0 cm³/mol. The molecule has 110 valence electrons. The lowest BCUT2D eigenvalue weighted by atomic mass is 10.00. The molecule has 1 aromatic heterocycles. The van der Waals surface area contributed by atoms with Crippen molar-refractivity contribution < 1.29 is 0 Å². The highest BCUT2D eigenvalue weighted by atomic mass is 32.1. The van der Waals surface area contributed by atoms with E-state index in [2.05, 4.69) is 65.0 Å². The Morgan fingerprint density at radius 3 is 2.59 bits per heavy atom. The van der Waals surface area contributed by atoms with Gasteiger partial charge in [-0.3, -0.25) is 0 Å². The van der Waals surface area contributed by atoms with Gasteiger partial charge < -0.3 is 10.6 Å². The van der Waals surface area contributed by atoms with Crippen molar-refractivity contribution in [2.24, 2.45) is 0 Å². The number of fused-ring (bicyclic) bond motifs is 1. The number of pyridine rings is 1. The van der Waals surface area contributed by atoms with Crippen molar-refractivity contribution in [1.82, 2.24) is 10.3 Å². The smallest absolute Gasteiger partial charge is 0.172 e. The van der Waals surface area contributed by atoms with Gasteiger partial charge in [-0.05, 0) is 47.6 Å². The standard InChI is InChI=1S/C18H17N3S/c1-13(20-18(22)21-17-11-4-5-12-19-17)15-10-6-8-14-7-2-3-9-16(14)15/h2-13H,1H3,(H2,19,20,21,22)/t13-/m0/s1. The topological polar surface area (TPSA) is 37.0 Å². The number of anilines is 1. The number of hydrogen-bond acceptors (Lipinski definition) is 2. The minimum Gasteiger partial charge on any atom is -0.356 e. The highest BCUT2D eigenvalue weighted by molar-refractivity contribution is 7.80. The summed E-state index contributed by atoms with van der Waals surface area (Å²) in [6.07, 6.45) is 1.74. The molecule has 22 heavy (non-hydrogen) atoms. The summed E-state index contributed by atoms with van der Waals surface area (Å²) in [6.45, 7) is 2.11. The Labute approximate surface area is 135 Å². The Hall–Kier alpha value is -2.46. The monoisotopic (exact) mass is 307 g/mol. The van der Waals surface area contributed by atoms with Gasteiger partial charge in [0.05, 0.1) is 6.04 Å². The van der Waals surface area contributed by atoms with Gasteiger partial charge in [-0.1, -0.05) is 48.5 Å². The van der Waals surface area contributed by atoms with E-state index in [0.29, 0.717) is 5.11 Å². The van der Waals surface area contributed by atoms with Crippen molar-refractivity contribution in [1.29, 1.82) is 0 Å². The van der Waals surface area contributed by atoms with Crippen LogP contribution in [-0.4, -0.2) is 10.1 Å². The van der Waals surface area contributed by atoms with Crippen LogP contribution in [0.4, 0.5) is 5.82 Å². The van der Waals surface area contributed by atoms with E-state index in [-0.39, 0.29) is 6.04 Å². The van der Waals surface area contributed by atoms with Crippen molar-refractivity contribution in [2.45, 2.75) is 13.0 Å². The number of nitrogens with zero attached hydrogens (tertiary/aromatic N) is 1. The average Bonchev–Trinajstić information content (AvgIpc) is 2.55. The van der Waals surface area contributed by atoms with Crippen LogP contribution in [0, 0.1) is 0 Å². The molecule has 0 aliphatic rings. The normalized spacial score (nSPS) is 11.9. The second kappa shape index (κ2) is 6.54. The van der Waals surface area contributed by atoms with Crippen LogP contribution in [0.1, 0.15) is 18.5 Å². The van der Waals surface area contributed by atoms with Crippen molar-refractivity contribution >= 4 is 33.9 Å². The summed E-state index contributed by atoms with van der Waals surface area (Å²) in [5.74, 6) is 0.741. The molecule has 0 unspecified atom stereocenters. The first-order chi connectivity index (χ1) is 10.7. The first-order valence-electron chi connectivity index (χ1n) is 7.20. The Balaban J connectivity index is 1.76. The van der Waals surface area contributed by atoms with Gasteiger partial charge in [0, 0.05) is 6.20 Å². The summed E-state index contributed by atoms with van der Waals surface area (Å²) in [5, 5.41) is 9.46. The van der Waals surface area contributed by atoms with Crippen LogP contribution in [0.3, 0.4) is 0 Å². The highest BCUT2D eigenvalue weighted by Crippen LogP contribution is 2.24. The van der Waals surface area contributed by atoms with E-state index in [0.717, 1.165) is 5.82 Å². The molecule has 1 heterocycles. The molecule has 3 aromatic rings. The second-order valence-corrected chi connectivity index (χ2v) is 5.51. The van der Waals surface area contributed by atoms with Crippen LogP contribution in [0.25, 0.3) is 10.8 Å². The SMILES string of the molecule is C[C@H](NC(=S)Nc1ccccn1)c1cccc2ccccc12. The van der Waals surface area contributed by atoms with Gasteiger partial charge in [0.2, 0.25) is 0 Å². The average molecular weight is 307 g/mol. The minimum atomic E-state index is 0.106. The molecule has 0 fully saturated rings. The van der Waals surface area contributed by atoms with E-state index < -0.39 is 0 Å². The molecule has 0 aliphatic heterocycles. The second-order valence-electron chi connectivity index (χ2n) is 5.10. The van der Waals surface area contributed by atoms with E-state index in [1.807, 2.05) is 18.2 Å². The first kappa shape index (κ1) is 14.5. The van der Waals surface area contributed by atoms with E-state index in [1.165, 1.54) is 16.3 Å². The number of rotatable bonds is 3. The Morgan fingerprint density at radius 2 is 1.77 bits per heavy atom. The molecule has 0 bridgehead atoms. The lowest BCUT2D eigenvalue weighted by Gasteiger charge is -2.18. The maximum atomic E-state index is 5.37. The van der Waals surface area contributed by atoms with Crippen LogP contribution in [0.2, 0.25) is 0 Å². The summed E-state index contributed by atoms with van der Waals surface area (Å²) in [4.78, 5) is 4.21. The van der Waals surface area contributed by atoms with Crippen LogP contribution < -0.4 is 10.6 Å². The van der Waals surface area contributed by atoms with Gasteiger partial charge in [0.25, 0.3) is 0 Å². The largest absolute Gasteiger partial charge is 0.356 e. The van der Waals surface area contributed by atoms with Crippen molar-refractivity contribution in [3.8, 4) is 0 Å². The highest BCUT2D eigenvalue weighted by Gasteiger charge is 2.10. The Kier molecular flexibility index (Phi) is 4.30. The molecule has 0 spiro atoms. The van der Waals surface area contributed by atoms with E-state index in [9.17, 15) is 0 Å². The number of nitrogens with one attached hydrogen (secondary N) is 2. The predicted octanol–water partition coefficient (Wildman–Crippen LogP) is 4.28. The first-order valence-corrected chi connectivity index (χ1v) is 7.61. The molecule has 4 heteroatoms. The molecule has 3 rings (SSSR count). The van der Waals surface area contributed by atoms with E-state index in [4.69, 9.17) is 12.2 Å². The summed E-state index contributed by atoms with van der Waals surface area (Å²) >= 11 is 5.37. The molecule has 0 amide bonds. The van der Waals surface area contributed by atoms with Crippen LogP contribution in [-0.2, 0) is 0 Å². The number of aromatic nitrogens is 1. The van der Waals surface area contributed by atoms with Crippen LogP contribution in [0.15, 0.2) is 66.9 Å². The van der Waals surface area contributed by atoms with Crippen LogP contribution in [0.5, 0.6) is 0 Å². The fraction of sp³-hybridized carbons (Fsp3) is 0.111. The van der Waals surface area contributed by atoms with Crippen molar-refractivity contribution in [3.05, 3.63) is 72.4 Å². The number of thiocarbonyl (C=S) groups is 1. The van der Waals surface area contributed by atoms with Gasteiger partial charge in [-0.15, -0.1) is 0 Å². The molecule has 0 saturated heterocycles. The van der Waals surface area contributed by atoms with Gasteiger partial charge >= 0.3 is 0 Å². The zero-order chi connectivity index (χ0) is 15.4. The Morgan fingerprint density at radius 1 is 1.00 bits per heavy atom. The van der Waals surface area contributed by atoms with Gasteiger partial charge in [0.1, 0.15) is 5.82 Å². The molecule has 1 atom stereocenters.